The summed E-state index contributed by atoms with van der Waals surface area (Å²) in [5.41, 5.74) is 6.13. The molecule has 220 valence electrons. The number of aromatic nitrogens is 4. The van der Waals surface area contributed by atoms with Crippen LogP contribution in [0.1, 0.15) is 47.4 Å². The van der Waals surface area contributed by atoms with Crippen molar-refractivity contribution in [3.63, 3.8) is 0 Å². The summed E-state index contributed by atoms with van der Waals surface area (Å²) in [7, 11) is 0. The smallest absolute Gasteiger partial charge is 0.274 e. The third-order valence-corrected chi connectivity index (χ3v) is 9.10. The van der Waals surface area contributed by atoms with E-state index in [0.29, 0.717) is 23.8 Å². The first-order valence-corrected chi connectivity index (χ1v) is 14.9. The van der Waals surface area contributed by atoms with Crippen LogP contribution >= 0.6 is 0 Å². The molecular weight excluding hydrogens is 542 g/mol. The van der Waals surface area contributed by atoms with Crippen LogP contribution in [0.25, 0.3) is 22.3 Å². The van der Waals surface area contributed by atoms with E-state index < -0.39 is 0 Å². The molecule has 3 fully saturated rings. The van der Waals surface area contributed by atoms with Crippen molar-refractivity contribution in [1.29, 1.82) is 0 Å². The highest BCUT2D eigenvalue weighted by atomic mass is 16.5. The summed E-state index contributed by atoms with van der Waals surface area (Å²) in [6.45, 7) is 7.51. The van der Waals surface area contributed by atoms with Crippen molar-refractivity contribution in [1.82, 2.24) is 30.2 Å². The van der Waals surface area contributed by atoms with Crippen molar-refractivity contribution in [2.75, 3.05) is 31.6 Å². The summed E-state index contributed by atoms with van der Waals surface area (Å²) in [6.07, 6.45) is 8.72. The van der Waals surface area contributed by atoms with Gasteiger partial charge in [-0.25, -0.2) is 9.97 Å². The highest BCUT2D eigenvalue weighted by molar-refractivity contribution is 6.03. The average Bonchev–Trinajstić information content (AvgIpc) is 3.63. The standard InChI is InChI=1S/C33H35N7O3/c1-2-29(41)37-25-4-3-12-40(18-25)17-21-9-11-34-28(14-21)32(42)38-24-7-5-22(6-8-24)27-15-26-30(35-20-36-31(26)39-27)33-10-13-43-19-23(33)16-33/h2,5-9,11,14-15,20,23,25H,1,3-4,10,12-13,16-19H2,(H,37,41)(H,38,42)(H,35,36,39)/t23-,25+,33?/m0/s1. The molecule has 3 N–H and O–H groups in total. The molecule has 10 nitrogen and oxygen atoms in total. The lowest BCUT2D eigenvalue weighted by atomic mass is 9.91. The van der Waals surface area contributed by atoms with Gasteiger partial charge in [-0.1, -0.05) is 18.7 Å². The Hall–Kier alpha value is -4.41. The summed E-state index contributed by atoms with van der Waals surface area (Å²) < 4.78 is 5.68. The zero-order chi connectivity index (χ0) is 29.4. The molecule has 43 heavy (non-hydrogen) atoms. The Morgan fingerprint density at radius 3 is 2.88 bits per heavy atom. The van der Waals surface area contributed by atoms with E-state index in [1.807, 2.05) is 36.4 Å². The molecule has 2 saturated heterocycles. The van der Waals surface area contributed by atoms with Crippen molar-refractivity contribution in [2.24, 2.45) is 5.92 Å². The largest absolute Gasteiger partial charge is 0.381 e. The third-order valence-electron chi connectivity index (χ3n) is 9.10. The van der Waals surface area contributed by atoms with Gasteiger partial charge in [0.2, 0.25) is 5.91 Å². The SMILES string of the molecule is C=CC(=O)N[C@@H]1CCCN(Cc2ccnc(C(=O)Nc3ccc(-c4cc5c(C67CCOC[C@@H]6C7)ncnc5[nH]4)cc3)c2)C1. The maximum absolute atomic E-state index is 13.1. The number of carbonyl (C=O) groups is 2. The quantitative estimate of drug-likeness (QED) is 0.268. The van der Waals surface area contributed by atoms with E-state index in [0.717, 1.165) is 85.5 Å². The Labute approximate surface area is 250 Å². The minimum absolute atomic E-state index is 0.100. The van der Waals surface area contributed by atoms with Gasteiger partial charge in [-0.3, -0.25) is 19.5 Å². The average molecular weight is 578 g/mol. The number of aromatic amines is 1. The van der Waals surface area contributed by atoms with Gasteiger partial charge in [0, 0.05) is 54.1 Å². The number of nitrogens with one attached hydrogen (secondary N) is 3. The molecule has 0 bridgehead atoms. The van der Waals surface area contributed by atoms with E-state index in [1.54, 1.807) is 12.5 Å². The summed E-state index contributed by atoms with van der Waals surface area (Å²) in [6, 6.07) is 13.8. The number of hydrogen-bond donors (Lipinski definition) is 3. The van der Waals surface area contributed by atoms with Gasteiger partial charge in [0.1, 0.15) is 17.7 Å². The van der Waals surface area contributed by atoms with E-state index >= 15 is 0 Å². The number of ether oxygens (including phenoxy) is 1. The fourth-order valence-electron chi connectivity index (χ4n) is 6.75. The van der Waals surface area contributed by atoms with Gasteiger partial charge < -0.3 is 20.4 Å². The number of piperidine rings is 1. The number of anilines is 1. The highest BCUT2D eigenvalue weighted by Crippen LogP contribution is 2.59. The second-order valence-corrected chi connectivity index (χ2v) is 11.9. The fourth-order valence-corrected chi connectivity index (χ4v) is 6.75. The minimum atomic E-state index is -0.260. The molecule has 1 unspecified atom stereocenters. The van der Waals surface area contributed by atoms with Gasteiger partial charge >= 0.3 is 0 Å². The Bertz CT molecular complexity index is 1680. The van der Waals surface area contributed by atoms with Crippen molar-refractivity contribution >= 4 is 28.5 Å². The maximum atomic E-state index is 13.1. The summed E-state index contributed by atoms with van der Waals surface area (Å²) in [4.78, 5) is 44.1. The molecule has 3 aliphatic rings. The monoisotopic (exact) mass is 577 g/mol. The number of hydrogen-bond acceptors (Lipinski definition) is 7. The molecule has 7 rings (SSSR count). The summed E-state index contributed by atoms with van der Waals surface area (Å²) >= 11 is 0. The van der Waals surface area contributed by atoms with Gasteiger partial charge in [-0.2, -0.15) is 0 Å². The molecule has 4 aromatic rings. The fraction of sp³-hybridized carbons (Fsp3) is 0.364. The molecule has 1 aliphatic carbocycles. The van der Waals surface area contributed by atoms with Crippen LogP contribution in [0.4, 0.5) is 5.69 Å². The number of benzene rings is 1. The number of likely N-dealkylation sites (tertiary alicyclic amines) is 1. The first kappa shape index (κ1) is 27.4. The molecule has 5 heterocycles. The lowest BCUT2D eigenvalue weighted by molar-refractivity contribution is -0.117. The van der Waals surface area contributed by atoms with E-state index in [2.05, 4.69) is 43.1 Å². The highest BCUT2D eigenvalue weighted by Gasteiger charge is 2.58. The number of H-pyrrole nitrogens is 1. The third kappa shape index (κ3) is 5.55. The Morgan fingerprint density at radius 1 is 1.16 bits per heavy atom. The number of rotatable bonds is 8. The molecule has 3 atom stereocenters. The number of fused-ring (bicyclic) bond motifs is 2. The molecule has 1 aromatic carbocycles. The Morgan fingerprint density at radius 2 is 2.05 bits per heavy atom. The first-order valence-electron chi connectivity index (χ1n) is 14.9. The lowest BCUT2D eigenvalue weighted by Crippen LogP contribution is -2.46. The van der Waals surface area contributed by atoms with Gasteiger partial charge in [0.05, 0.1) is 12.3 Å². The minimum Gasteiger partial charge on any atom is -0.381 e. The summed E-state index contributed by atoms with van der Waals surface area (Å²) in [5, 5.41) is 7.05. The van der Waals surface area contributed by atoms with E-state index in [-0.39, 0.29) is 23.3 Å². The maximum Gasteiger partial charge on any atom is 0.274 e. The van der Waals surface area contributed by atoms with Crippen LogP contribution in [0.2, 0.25) is 0 Å². The molecule has 1 saturated carbocycles. The summed E-state index contributed by atoms with van der Waals surface area (Å²) in [5.74, 6) is 0.142. The Balaban J connectivity index is 1.01. The van der Waals surface area contributed by atoms with Gasteiger partial charge in [0.25, 0.3) is 5.91 Å². The first-order chi connectivity index (χ1) is 21.0. The van der Waals surface area contributed by atoms with Crippen LogP contribution in [0.3, 0.4) is 0 Å². The topological polar surface area (TPSA) is 125 Å². The predicted octanol–water partition coefficient (Wildman–Crippen LogP) is 4.22. The van der Waals surface area contributed by atoms with Crippen LogP contribution < -0.4 is 10.6 Å². The van der Waals surface area contributed by atoms with Gasteiger partial charge in [-0.15, -0.1) is 0 Å². The molecule has 0 radical (unpaired) electrons. The van der Waals surface area contributed by atoms with Crippen molar-refractivity contribution in [2.45, 2.75) is 43.7 Å². The lowest BCUT2D eigenvalue weighted by Gasteiger charge is -2.33. The molecular formula is C33H35N7O3. The van der Waals surface area contributed by atoms with Crippen molar-refractivity contribution < 1.29 is 14.3 Å². The van der Waals surface area contributed by atoms with Crippen LogP contribution in [-0.2, 0) is 21.5 Å². The molecule has 2 amide bonds. The second-order valence-electron chi connectivity index (χ2n) is 11.9. The van der Waals surface area contributed by atoms with Gasteiger partial charge in [-0.05, 0) is 85.7 Å². The Kier molecular flexibility index (Phi) is 7.24. The number of nitrogens with zero attached hydrogens (tertiary/aromatic N) is 4. The molecule has 10 heteroatoms. The zero-order valence-electron chi connectivity index (χ0n) is 24.0. The normalized spacial score (nSPS) is 23.3. The second kappa shape index (κ2) is 11.3. The number of amides is 2. The van der Waals surface area contributed by atoms with Crippen LogP contribution in [0.5, 0.6) is 0 Å². The molecule has 0 spiro atoms. The molecule has 2 aliphatic heterocycles. The molecule has 3 aromatic heterocycles. The van der Waals surface area contributed by atoms with E-state index in [1.165, 1.54) is 6.08 Å². The van der Waals surface area contributed by atoms with Gasteiger partial charge in [0.15, 0.2) is 0 Å². The van der Waals surface area contributed by atoms with E-state index in [9.17, 15) is 9.59 Å². The van der Waals surface area contributed by atoms with Crippen LogP contribution in [-0.4, -0.2) is 69.0 Å². The van der Waals surface area contributed by atoms with Crippen LogP contribution in [0.15, 0.2) is 67.6 Å². The zero-order valence-corrected chi connectivity index (χ0v) is 24.0. The number of pyridine rings is 1. The number of carbonyl (C=O) groups excluding carboxylic acids is 2. The van der Waals surface area contributed by atoms with Crippen LogP contribution in [0, 0.1) is 5.92 Å². The predicted molar refractivity (Wildman–Crippen MR) is 163 cm³/mol. The van der Waals surface area contributed by atoms with Crippen molar-refractivity contribution in [3.8, 4) is 11.3 Å². The van der Waals surface area contributed by atoms with E-state index in [4.69, 9.17) is 9.72 Å². The van der Waals surface area contributed by atoms with Crippen molar-refractivity contribution in [3.05, 3.63) is 84.6 Å².